The molecular weight excluding hydrogens is 530 g/mol. The first-order valence-electron chi connectivity index (χ1n) is 15.8. The minimum atomic E-state index is 0.0411. The average Bonchev–Trinajstić information content (AvgIpc) is 3.64. The van der Waals surface area contributed by atoms with Crippen LogP contribution in [0.2, 0.25) is 0 Å². The van der Waals surface area contributed by atoms with Crippen molar-refractivity contribution in [1.29, 1.82) is 0 Å². The SMILES string of the molecule is C1=CNC(c2cc(C3C=c4ccc(C5=CCC(C6NCCCN6)C=C5)nc4=C4[N-]CCCC43)cc(-c3ccc[nH]3)n2)C=C1. The molecule has 4 N–H and O–H groups in total. The zero-order valence-corrected chi connectivity index (χ0v) is 24.3. The molecule has 4 unspecified atom stereocenters. The lowest BCUT2D eigenvalue weighted by Gasteiger charge is -2.43. The number of hydrogen-bond acceptors (Lipinski definition) is 5. The van der Waals surface area contributed by atoms with Gasteiger partial charge in [-0.25, -0.2) is 9.97 Å². The van der Waals surface area contributed by atoms with Crippen LogP contribution in [0.3, 0.4) is 0 Å². The molecular formula is C36H38N7-. The normalized spacial score (nSPS) is 26.5. The molecule has 7 nitrogen and oxygen atoms in total. The smallest absolute Gasteiger partial charge is 0.0871 e. The third-order valence-corrected chi connectivity index (χ3v) is 9.44. The van der Waals surface area contributed by atoms with Gasteiger partial charge in [-0.3, -0.25) is 0 Å². The number of rotatable bonds is 5. The standard InChI is InChI=1S/C36H38N7/c1-2-15-37-30(7-1)32-21-26(22-33(42-32)31-8-4-16-38-31)28-20-25-13-14-29(43-34(25)35-27(28)6-3-17-39-35)23-9-11-24(12-10-23)36-40-18-5-19-41-36/h1-2,4,7-11,13-16,20-22,24,27-28,30,36-38,40-41H,3,5-6,12,17-19H2/q-1. The molecule has 2 aliphatic carbocycles. The minimum absolute atomic E-state index is 0.0411. The first-order chi connectivity index (χ1) is 21.3. The molecule has 0 amide bonds. The third kappa shape index (κ3) is 5.17. The van der Waals surface area contributed by atoms with Crippen molar-refractivity contribution in [2.24, 2.45) is 11.8 Å². The summed E-state index contributed by atoms with van der Waals surface area (Å²) in [6.45, 7) is 3.05. The molecule has 5 aliphatic rings. The van der Waals surface area contributed by atoms with Gasteiger partial charge in [-0.05, 0) is 97.2 Å². The van der Waals surface area contributed by atoms with E-state index >= 15 is 0 Å². The molecule has 0 spiro atoms. The Labute approximate surface area is 252 Å². The van der Waals surface area contributed by atoms with E-state index in [1.807, 2.05) is 24.5 Å². The fourth-order valence-corrected chi connectivity index (χ4v) is 7.21. The number of nitrogens with zero attached hydrogens (tertiary/aromatic N) is 3. The van der Waals surface area contributed by atoms with Crippen LogP contribution in [0.15, 0.2) is 85.3 Å². The molecule has 0 saturated carbocycles. The zero-order chi connectivity index (χ0) is 28.6. The quantitative estimate of drug-likeness (QED) is 0.363. The molecule has 3 aromatic rings. The average molecular weight is 569 g/mol. The number of pyridine rings is 2. The lowest BCUT2D eigenvalue weighted by Crippen LogP contribution is -2.52. The van der Waals surface area contributed by atoms with Crippen LogP contribution in [-0.2, 0) is 0 Å². The summed E-state index contributed by atoms with van der Waals surface area (Å²) in [7, 11) is 0. The van der Waals surface area contributed by atoms with Crippen molar-refractivity contribution < 1.29 is 0 Å². The highest BCUT2D eigenvalue weighted by atomic mass is 15.1. The Morgan fingerprint density at radius 3 is 2.70 bits per heavy atom. The predicted molar refractivity (Wildman–Crippen MR) is 173 cm³/mol. The van der Waals surface area contributed by atoms with E-state index in [9.17, 15) is 0 Å². The Morgan fingerprint density at radius 2 is 1.88 bits per heavy atom. The molecule has 8 rings (SSSR count). The third-order valence-electron chi connectivity index (χ3n) is 9.44. The number of allylic oxidation sites excluding steroid dienone is 5. The van der Waals surface area contributed by atoms with E-state index in [1.54, 1.807) is 0 Å². The van der Waals surface area contributed by atoms with Crippen LogP contribution in [0, 0.1) is 11.8 Å². The molecule has 2 saturated heterocycles. The Kier molecular flexibility index (Phi) is 7.05. The highest BCUT2D eigenvalue weighted by Gasteiger charge is 2.28. The van der Waals surface area contributed by atoms with Gasteiger partial charge in [-0.15, -0.1) is 12.2 Å². The van der Waals surface area contributed by atoms with Gasteiger partial charge in [0.25, 0.3) is 0 Å². The predicted octanol–water partition coefficient (Wildman–Crippen LogP) is 4.52. The van der Waals surface area contributed by atoms with Crippen LogP contribution < -0.4 is 26.5 Å². The lowest BCUT2D eigenvalue weighted by atomic mass is 9.76. The van der Waals surface area contributed by atoms with Crippen molar-refractivity contribution in [2.45, 2.75) is 43.8 Å². The number of nitrogens with one attached hydrogen (secondary N) is 4. The number of fused-ring (bicyclic) bond motifs is 2. The molecule has 6 heterocycles. The number of dihydropyridines is 1. The lowest BCUT2D eigenvalue weighted by molar-refractivity contribution is 0.304. The Bertz CT molecular complexity index is 1740. The van der Waals surface area contributed by atoms with Crippen molar-refractivity contribution >= 4 is 17.3 Å². The van der Waals surface area contributed by atoms with E-state index in [4.69, 9.17) is 15.3 Å². The topological polar surface area (TPSA) is 91.8 Å². The van der Waals surface area contributed by atoms with E-state index < -0.39 is 0 Å². The first-order valence-corrected chi connectivity index (χ1v) is 15.8. The van der Waals surface area contributed by atoms with Crippen LogP contribution in [-0.4, -0.2) is 40.8 Å². The summed E-state index contributed by atoms with van der Waals surface area (Å²) in [4.78, 5) is 13.7. The molecule has 0 bridgehead atoms. The second kappa shape index (κ2) is 11.5. The van der Waals surface area contributed by atoms with Crippen molar-refractivity contribution in [3.05, 3.63) is 118 Å². The summed E-state index contributed by atoms with van der Waals surface area (Å²) in [6, 6.07) is 13.2. The van der Waals surface area contributed by atoms with Gasteiger partial charge in [0.2, 0.25) is 0 Å². The van der Waals surface area contributed by atoms with E-state index in [0.29, 0.717) is 18.0 Å². The molecule has 2 fully saturated rings. The van der Waals surface area contributed by atoms with Crippen molar-refractivity contribution in [2.75, 3.05) is 19.6 Å². The number of aromatic amines is 1. The Morgan fingerprint density at radius 1 is 0.930 bits per heavy atom. The van der Waals surface area contributed by atoms with Crippen LogP contribution >= 0.6 is 0 Å². The zero-order valence-electron chi connectivity index (χ0n) is 24.3. The second-order valence-corrected chi connectivity index (χ2v) is 12.2. The highest BCUT2D eigenvalue weighted by Crippen LogP contribution is 2.42. The number of H-pyrrole nitrogens is 1. The van der Waals surface area contributed by atoms with Crippen LogP contribution in [0.25, 0.3) is 34.1 Å². The number of piperidine rings is 1. The van der Waals surface area contributed by atoms with Gasteiger partial charge in [-0.2, -0.15) is 0 Å². The molecule has 218 valence electrons. The van der Waals surface area contributed by atoms with Gasteiger partial charge >= 0.3 is 0 Å². The van der Waals surface area contributed by atoms with E-state index in [-0.39, 0.29) is 12.0 Å². The van der Waals surface area contributed by atoms with Gasteiger partial charge in [0.1, 0.15) is 0 Å². The van der Waals surface area contributed by atoms with Gasteiger partial charge in [0.05, 0.1) is 40.3 Å². The maximum atomic E-state index is 5.28. The van der Waals surface area contributed by atoms with Gasteiger partial charge < -0.3 is 26.3 Å². The molecule has 43 heavy (non-hydrogen) atoms. The summed E-state index contributed by atoms with van der Waals surface area (Å²) in [5.74, 6) is 0.983. The summed E-state index contributed by atoms with van der Waals surface area (Å²) >= 11 is 0. The number of aromatic nitrogens is 3. The monoisotopic (exact) mass is 568 g/mol. The van der Waals surface area contributed by atoms with Crippen LogP contribution in [0.1, 0.15) is 54.6 Å². The molecule has 3 aromatic heterocycles. The Balaban J connectivity index is 1.16. The van der Waals surface area contributed by atoms with Crippen LogP contribution in [0.4, 0.5) is 0 Å². The summed E-state index contributed by atoms with van der Waals surface area (Å²) < 4.78 is 0. The summed E-state index contributed by atoms with van der Waals surface area (Å²) in [5.41, 5.74) is 7.73. The number of hydrogen-bond donors (Lipinski definition) is 4. The fraction of sp³-hybridized carbons (Fsp3) is 0.333. The van der Waals surface area contributed by atoms with E-state index in [0.717, 1.165) is 67.0 Å². The minimum Gasteiger partial charge on any atom is -0.686 e. The van der Waals surface area contributed by atoms with Gasteiger partial charge in [-0.1, -0.05) is 48.9 Å². The highest BCUT2D eigenvalue weighted by molar-refractivity contribution is 5.74. The molecule has 0 radical (unpaired) electrons. The molecule has 3 aliphatic heterocycles. The molecule has 4 atom stereocenters. The molecule has 7 heteroatoms. The van der Waals surface area contributed by atoms with Crippen molar-refractivity contribution in [3.63, 3.8) is 0 Å². The molecule has 0 aromatic carbocycles. The van der Waals surface area contributed by atoms with Crippen molar-refractivity contribution in [3.8, 4) is 11.4 Å². The van der Waals surface area contributed by atoms with Gasteiger partial charge in [0.15, 0.2) is 0 Å². The van der Waals surface area contributed by atoms with Crippen molar-refractivity contribution in [1.82, 2.24) is 30.9 Å². The summed E-state index contributed by atoms with van der Waals surface area (Å²) in [6.07, 6.45) is 24.4. The Hall–Kier alpha value is -4.20. The van der Waals surface area contributed by atoms with E-state index in [2.05, 4.69) is 87.7 Å². The maximum Gasteiger partial charge on any atom is 0.0871 e. The summed E-state index contributed by atoms with van der Waals surface area (Å²) in [5, 5.41) is 18.1. The first kappa shape index (κ1) is 26.4. The second-order valence-electron chi connectivity index (χ2n) is 12.2. The largest absolute Gasteiger partial charge is 0.686 e. The van der Waals surface area contributed by atoms with E-state index in [1.165, 1.54) is 28.5 Å². The fourth-order valence-electron chi connectivity index (χ4n) is 7.21. The van der Waals surface area contributed by atoms with Gasteiger partial charge in [0, 0.05) is 18.0 Å². The van der Waals surface area contributed by atoms with Crippen LogP contribution in [0.5, 0.6) is 0 Å². The maximum absolute atomic E-state index is 5.28.